The number of fused-ring (bicyclic) bond motifs is 7. The van der Waals surface area contributed by atoms with Crippen LogP contribution in [0.4, 0.5) is 0 Å². The molecule has 2 aromatic carbocycles. The first kappa shape index (κ1) is 28.7. The fourth-order valence-corrected chi connectivity index (χ4v) is 7.81. The maximum absolute atomic E-state index is 14.5. The number of carboxylic acids is 1. The number of hydrogen-bond donors (Lipinski definition) is 1. The Bertz CT molecular complexity index is 1990. The normalized spacial score (nSPS) is 18.4. The number of nitrogens with zero attached hydrogens (tertiary/aromatic N) is 4. The van der Waals surface area contributed by atoms with E-state index in [0.29, 0.717) is 44.3 Å². The van der Waals surface area contributed by atoms with Crippen LogP contribution in [0.3, 0.4) is 0 Å². The van der Waals surface area contributed by atoms with E-state index in [1.54, 1.807) is 13.2 Å². The fraction of sp³-hybridized carbons (Fsp3) is 0.351. The van der Waals surface area contributed by atoms with Crippen LogP contribution in [0, 0.1) is 0 Å². The van der Waals surface area contributed by atoms with Crippen LogP contribution < -0.4 is 4.74 Å². The number of ether oxygens (including phenoxy) is 2. The van der Waals surface area contributed by atoms with E-state index in [-0.39, 0.29) is 11.6 Å². The van der Waals surface area contributed by atoms with Crippen LogP contribution in [-0.2, 0) is 16.0 Å². The van der Waals surface area contributed by atoms with E-state index < -0.39 is 12.0 Å². The molecule has 2 fully saturated rings. The number of carbonyl (C=O) groups is 2. The van der Waals surface area contributed by atoms with Gasteiger partial charge in [0.15, 0.2) is 5.69 Å². The van der Waals surface area contributed by atoms with Gasteiger partial charge in [0.05, 0.1) is 37.2 Å². The Hall–Kier alpha value is -4.76. The maximum atomic E-state index is 14.5. The van der Waals surface area contributed by atoms with Crippen molar-refractivity contribution in [3.63, 3.8) is 0 Å². The van der Waals surface area contributed by atoms with Crippen molar-refractivity contribution in [3.05, 3.63) is 77.5 Å². The molecule has 9 nitrogen and oxygen atoms in total. The van der Waals surface area contributed by atoms with Gasteiger partial charge in [0, 0.05) is 41.4 Å². The quantitative estimate of drug-likeness (QED) is 0.236. The third kappa shape index (κ3) is 4.72. The van der Waals surface area contributed by atoms with Crippen LogP contribution in [0.15, 0.2) is 60.7 Å². The van der Waals surface area contributed by atoms with E-state index in [4.69, 9.17) is 19.4 Å². The van der Waals surface area contributed by atoms with E-state index in [1.165, 1.54) is 12.0 Å². The molecule has 1 amide bonds. The molecule has 1 saturated carbocycles. The van der Waals surface area contributed by atoms with Gasteiger partial charge in [0.1, 0.15) is 17.4 Å². The standard InChI is InChI=1S/C37H36N4O5/c1-45-24-9-7-22(8-10-24)29-14-11-25-28-21-32(36(42)40-17-19-46-20-18-40)41-34(26(28)12-15-30(25)38-29)33(23-5-3-2-4-6-23)27-13-16-31(37(43)44)39-35(27)41/h7-16,23,32H,2-6,17-21H2,1H3,(H,43,44). The number of pyridine rings is 2. The van der Waals surface area contributed by atoms with Crippen LogP contribution in [0.1, 0.15) is 65.7 Å². The van der Waals surface area contributed by atoms with E-state index >= 15 is 0 Å². The number of aromatic nitrogens is 3. The lowest BCUT2D eigenvalue weighted by Gasteiger charge is -2.35. The lowest BCUT2D eigenvalue weighted by atomic mass is 9.80. The number of morpholine rings is 1. The van der Waals surface area contributed by atoms with Crippen LogP contribution in [-0.4, -0.2) is 69.8 Å². The van der Waals surface area contributed by atoms with Crippen molar-refractivity contribution in [1.82, 2.24) is 19.4 Å². The van der Waals surface area contributed by atoms with Gasteiger partial charge in [-0.15, -0.1) is 0 Å². The molecule has 1 atom stereocenters. The van der Waals surface area contributed by atoms with Crippen LogP contribution >= 0.6 is 0 Å². The molecule has 2 aliphatic heterocycles. The Kier molecular flexibility index (Phi) is 7.21. The Morgan fingerprint density at radius 1 is 0.891 bits per heavy atom. The molecule has 1 aliphatic carbocycles. The fourth-order valence-electron chi connectivity index (χ4n) is 7.81. The predicted molar refractivity (Wildman–Crippen MR) is 175 cm³/mol. The SMILES string of the molecule is COc1ccc(-c2ccc3c4c(ccc3n2)-c2c(C3CCCCC3)c3ccc(C(=O)O)nc3n2C(C(=O)N2CCOCC2)C4)cc1. The van der Waals surface area contributed by atoms with Gasteiger partial charge in [-0.3, -0.25) is 4.79 Å². The number of amides is 1. The zero-order valence-corrected chi connectivity index (χ0v) is 25.9. The number of hydrogen-bond acceptors (Lipinski definition) is 6. The summed E-state index contributed by atoms with van der Waals surface area (Å²) in [6, 6.07) is 19.3. The minimum absolute atomic E-state index is 0.0138. The molecule has 8 rings (SSSR count). The second-order valence-corrected chi connectivity index (χ2v) is 12.6. The number of carbonyl (C=O) groups excluding carboxylic acids is 1. The highest BCUT2D eigenvalue weighted by Gasteiger charge is 2.39. The minimum atomic E-state index is -1.08. The van der Waals surface area contributed by atoms with Crippen molar-refractivity contribution < 1.29 is 24.2 Å². The Morgan fingerprint density at radius 2 is 1.65 bits per heavy atom. The van der Waals surface area contributed by atoms with Crippen molar-refractivity contribution >= 4 is 33.8 Å². The monoisotopic (exact) mass is 616 g/mol. The molecular formula is C37H36N4O5. The molecule has 234 valence electrons. The molecule has 0 bridgehead atoms. The van der Waals surface area contributed by atoms with Gasteiger partial charge < -0.3 is 24.0 Å². The second kappa shape index (κ2) is 11.6. The van der Waals surface area contributed by atoms with Gasteiger partial charge >= 0.3 is 5.97 Å². The molecule has 1 saturated heterocycles. The third-order valence-electron chi connectivity index (χ3n) is 10.1. The van der Waals surface area contributed by atoms with Crippen LogP contribution in [0.2, 0.25) is 0 Å². The van der Waals surface area contributed by atoms with E-state index in [0.717, 1.165) is 75.8 Å². The van der Waals surface area contributed by atoms with Crippen molar-refractivity contribution in [2.24, 2.45) is 0 Å². The molecule has 0 radical (unpaired) electrons. The van der Waals surface area contributed by atoms with Crippen molar-refractivity contribution in [2.45, 2.75) is 50.5 Å². The summed E-state index contributed by atoms with van der Waals surface area (Å²) in [6.07, 6.45) is 6.10. The predicted octanol–water partition coefficient (Wildman–Crippen LogP) is 6.63. The van der Waals surface area contributed by atoms with Gasteiger partial charge in [-0.1, -0.05) is 31.4 Å². The summed E-state index contributed by atoms with van der Waals surface area (Å²) in [5.74, 6) is 0.0448. The summed E-state index contributed by atoms with van der Waals surface area (Å²) >= 11 is 0. The lowest BCUT2D eigenvalue weighted by Crippen LogP contribution is -2.45. The third-order valence-corrected chi connectivity index (χ3v) is 10.1. The topological polar surface area (TPSA) is 107 Å². The molecule has 1 N–H and O–H groups in total. The highest BCUT2D eigenvalue weighted by atomic mass is 16.5. The minimum Gasteiger partial charge on any atom is -0.497 e. The first-order valence-corrected chi connectivity index (χ1v) is 16.2. The highest BCUT2D eigenvalue weighted by Crippen LogP contribution is 2.50. The van der Waals surface area contributed by atoms with E-state index in [2.05, 4.69) is 28.8 Å². The average molecular weight is 617 g/mol. The lowest BCUT2D eigenvalue weighted by molar-refractivity contribution is -0.138. The maximum Gasteiger partial charge on any atom is 0.354 e. The molecule has 3 aromatic heterocycles. The van der Waals surface area contributed by atoms with Crippen molar-refractivity contribution in [2.75, 3.05) is 33.4 Å². The van der Waals surface area contributed by atoms with Gasteiger partial charge in [-0.05, 0) is 78.4 Å². The molecule has 46 heavy (non-hydrogen) atoms. The van der Waals surface area contributed by atoms with E-state index in [1.807, 2.05) is 35.2 Å². The average Bonchev–Trinajstić information content (AvgIpc) is 3.46. The van der Waals surface area contributed by atoms with Crippen molar-refractivity contribution in [3.8, 4) is 28.3 Å². The number of aromatic carboxylic acids is 1. The van der Waals surface area contributed by atoms with Gasteiger partial charge in [-0.25, -0.2) is 14.8 Å². The summed E-state index contributed by atoms with van der Waals surface area (Å²) in [4.78, 5) is 38.3. The van der Waals surface area contributed by atoms with Gasteiger partial charge in [-0.2, -0.15) is 0 Å². The Morgan fingerprint density at radius 3 is 2.39 bits per heavy atom. The second-order valence-electron chi connectivity index (χ2n) is 12.6. The summed E-state index contributed by atoms with van der Waals surface area (Å²) in [5, 5.41) is 11.9. The molecule has 3 aliphatic rings. The zero-order valence-electron chi connectivity index (χ0n) is 25.9. The molecule has 5 heterocycles. The number of benzene rings is 2. The molecular weight excluding hydrogens is 580 g/mol. The molecule has 0 spiro atoms. The molecule has 9 heteroatoms. The Labute approximate surface area is 266 Å². The van der Waals surface area contributed by atoms with E-state index in [9.17, 15) is 14.7 Å². The van der Waals surface area contributed by atoms with Crippen LogP contribution in [0.25, 0.3) is 44.5 Å². The first-order chi connectivity index (χ1) is 22.5. The smallest absolute Gasteiger partial charge is 0.354 e. The molecule has 5 aromatic rings. The number of carboxylic acid groups (broad SMARTS) is 1. The first-order valence-electron chi connectivity index (χ1n) is 16.2. The zero-order chi connectivity index (χ0) is 31.4. The highest BCUT2D eigenvalue weighted by molar-refractivity contribution is 6.00. The molecule has 1 unspecified atom stereocenters. The number of methoxy groups -OCH3 is 1. The largest absolute Gasteiger partial charge is 0.497 e. The number of rotatable bonds is 5. The van der Waals surface area contributed by atoms with Crippen LogP contribution in [0.5, 0.6) is 5.75 Å². The summed E-state index contributed by atoms with van der Waals surface area (Å²) in [7, 11) is 1.66. The summed E-state index contributed by atoms with van der Waals surface area (Å²) < 4.78 is 13.0. The van der Waals surface area contributed by atoms with Gasteiger partial charge in [0.25, 0.3) is 0 Å². The van der Waals surface area contributed by atoms with Crippen molar-refractivity contribution in [1.29, 1.82) is 0 Å². The van der Waals surface area contributed by atoms with Gasteiger partial charge in [0.2, 0.25) is 5.91 Å². The Balaban J connectivity index is 1.36. The summed E-state index contributed by atoms with van der Waals surface area (Å²) in [5.41, 5.74) is 7.69. The summed E-state index contributed by atoms with van der Waals surface area (Å²) in [6.45, 7) is 2.07.